The van der Waals surface area contributed by atoms with Crippen LogP contribution in [0.25, 0.3) is 0 Å². The number of nitrogens with zero attached hydrogens (tertiary/aromatic N) is 1. The highest BCUT2D eigenvalue weighted by molar-refractivity contribution is 5.70. The summed E-state index contributed by atoms with van der Waals surface area (Å²) in [6.45, 7) is 9.34. The second-order valence-corrected chi connectivity index (χ2v) is 8.09. The van der Waals surface area contributed by atoms with E-state index in [1.807, 2.05) is 34.6 Å². The van der Waals surface area contributed by atoms with E-state index in [-0.39, 0.29) is 5.56 Å². The quantitative estimate of drug-likeness (QED) is 0.868. The number of piperidine rings is 1. The van der Waals surface area contributed by atoms with Gasteiger partial charge in [0.05, 0.1) is 6.04 Å². The van der Waals surface area contributed by atoms with Crippen LogP contribution in [0.3, 0.4) is 0 Å². The number of aliphatic hydroxyl groups is 1. The molecule has 1 aromatic rings. The molecule has 1 aliphatic rings. The van der Waals surface area contributed by atoms with Crippen molar-refractivity contribution in [2.24, 2.45) is 0 Å². The average Bonchev–Trinajstić information content (AvgIpc) is 2.43. The standard InChI is InChI=1S/C19H28FNO3/c1-18(2,3)24-17(23)21-15(11-8-12-19(21,4)5)16(22)13-9-6-7-10-14(13)20/h6-7,9-10,15-16,22H,8,11-12H2,1-5H3/t15-,16+/m0/s1. The Hall–Kier alpha value is -1.62. The van der Waals surface area contributed by atoms with Crippen LogP contribution >= 0.6 is 0 Å². The molecule has 0 saturated carbocycles. The molecule has 24 heavy (non-hydrogen) atoms. The second-order valence-electron chi connectivity index (χ2n) is 8.09. The third kappa shape index (κ3) is 4.07. The first kappa shape index (κ1) is 18.7. The van der Waals surface area contributed by atoms with Gasteiger partial charge >= 0.3 is 6.09 Å². The second kappa shape index (κ2) is 6.71. The molecule has 2 atom stereocenters. The molecule has 5 heteroatoms. The van der Waals surface area contributed by atoms with E-state index in [1.165, 1.54) is 6.07 Å². The van der Waals surface area contributed by atoms with Gasteiger partial charge in [-0.3, -0.25) is 4.90 Å². The molecule has 0 unspecified atom stereocenters. The Labute approximate surface area is 143 Å². The fourth-order valence-corrected chi connectivity index (χ4v) is 3.36. The van der Waals surface area contributed by atoms with Crippen molar-refractivity contribution >= 4 is 6.09 Å². The molecule has 0 aromatic heterocycles. The molecule has 1 fully saturated rings. The number of hydrogen-bond donors (Lipinski definition) is 1. The van der Waals surface area contributed by atoms with Gasteiger partial charge in [-0.1, -0.05) is 18.2 Å². The third-order valence-corrected chi connectivity index (χ3v) is 4.45. The van der Waals surface area contributed by atoms with Crippen molar-refractivity contribution in [1.82, 2.24) is 4.90 Å². The van der Waals surface area contributed by atoms with Crippen molar-refractivity contribution in [1.29, 1.82) is 0 Å². The average molecular weight is 337 g/mol. The van der Waals surface area contributed by atoms with Crippen molar-refractivity contribution in [3.8, 4) is 0 Å². The zero-order valence-corrected chi connectivity index (χ0v) is 15.2. The number of halogens is 1. The summed E-state index contributed by atoms with van der Waals surface area (Å²) in [7, 11) is 0. The number of amides is 1. The zero-order chi connectivity index (χ0) is 18.1. The molecule has 0 spiro atoms. The predicted octanol–water partition coefficient (Wildman–Crippen LogP) is 4.43. The minimum atomic E-state index is -1.08. The van der Waals surface area contributed by atoms with E-state index < -0.39 is 35.2 Å². The van der Waals surface area contributed by atoms with Crippen molar-refractivity contribution in [2.45, 2.75) is 77.2 Å². The van der Waals surface area contributed by atoms with Crippen LogP contribution in [0.1, 0.15) is 65.5 Å². The summed E-state index contributed by atoms with van der Waals surface area (Å²) in [6, 6.07) is 5.65. The van der Waals surface area contributed by atoms with Gasteiger partial charge in [0.2, 0.25) is 0 Å². The number of benzene rings is 1. The van der Waals surface area contributed by atoms with Crippen molar-refractivity contribution < 1.29 is 19.0 Å². The zero-order valence-electron chi connectivity index (χ0n) is 15.2. The lowest BCUT2D eigenvalue weighted by atomic mass is 9.83. The van der Waals surface area contributed by atoms with Crippen LogP contribution in [0.4, 0.5) is 9.18 Å². The number of ether oxygens (including phenoxy) is 1. The van der Waals surface area contributed by atoms with Gasteiger partial charge in [0.1, 0.15) is 17.5 Å². The first-order chi connectivity index (χ1) is 11.0. The van der Waals surface area contributed by atoms with Gasteiger partial charge in [-0.2, -0.15) is 0 Å². The van der Waals surface area contributed by atoms with Gasteiger partial charge in [0.15, 0.2) is 0 Å². The maximum atomic E-state index is 14.1. The fraction of sp³-hybridized carbons (Fsp3) is 0.632. The molecule has 1 amide bonds. The van der Waals surface area contributed by atoms with Gasteiger partial charge in [-0.05, 0) is 59.9 Å². The van der Waals surface area contributed by atoms with Gasteiger partial charge in [0, 0.05) is 11.1 Å². The molecule has 0 radical (unpaired) electrons. The topological polar surface area (TPSA) is 49.8 Å². The number of rotatable bonds is 2. The Morgan fingerprint density at radius 3 is 2.58 bits per heavy atom. The molecule has 0 bridgehead atoms. The SMILES string of the molecule is CC(C)(C)OC(=O)N1[C@H]([C@H](O)c2ccccc2F)CCCC1(C)C. The van der Waals surface area contributed by atoms with Crippen LogP contribution in [0, 0.1) is 5.82 Å². The summed E-state index contributed by atoms with van der Waals surface area (Å²) < 4.78 is 19.6. The molecule has 0 aliphatic carbocycles. The minimum absolute atomic E-state index is 0.216. The molecule has 1 heterocycles. The van der Waals surface area contributed by atoms with E-state index in [1.54, 1.807) is 23.1 Å². The van der Waals surface area contributed by atoms with E-state index >= 15 is 0 Å². The molecular formula is C19H28FNO3. The van der Waals surface area contributed by atoms with E-state index in [0.29, 0.717) is 6.42 Å². The summed E-state index contributed by atoms with van der Waals surface area (Å²) in [6.07, 6.45) is 0.735. The summed E-state index contributed by atoms with van der Waals surface area (Å²) >= 11 is 0. The van der Waals surface area contributed by atoms with E-state index in [2.05, 4.69) is 0 Å². The Morgan fingerprint density at radius 1 is 1.38 bits per heavy atom. The lowest BCUT2D eigenvalue weighted by Gasteiger charge is -2.49. The van der Waals surface area contributed by atoms with Gasteiger partial charge in [0.25, 0.3) is 0 Å². The van der Waals surface area contributed by atoms with Crippen molar-refractivity contribution in [3.63, 3.8) is 0 Å². The van der Waals surface area contributed by atoms with Crippen LogP contribution in [0.2, 0.25) is 0 Å². The van der Waals surface area contributed by atoms with Crippen LogP contribution in [-0.2, 0) is 4.74 Å². The number of carbonyl (C=O) groups excluding carboxylic acids is 1. The highest BCUT2D eigenvalue weighted by atomic mass is 19.1. The number of likely N-dealkylation sites (tertiary alicyclic amines) is 1. The Morgan fingerprint density at radius 2 is 2.00 bits per heavy atom. The molecule has 134 valence electrons. The van der Waals surface area contributed by atoms with Crippen molar-refractivity contribution in [3.05, 3.63) is 35.6 Å². The third-order valence-electron chi connectivity index (χ3n) is 4.45. The smallest absolute Gasteiger partial charge is 0.411 e. The maximum Gasteiger partial charge on any atom is 0.411 e. The molecule has 4 nitrogen and oxygen atoms in total. The van der Waals surface area contributed by atoms with Crippen LogP contribution < -0.4 is 0 Å². The monoisotopic (exact) mass is 337 g/mol. The highest BCUT2D eigenvalue weighted by Crippen LogP contribution is 2.38. The molecule has 1 aromatic carbocycles. The molecule has 1 saturated heterocycles. The van der Waals surface area contributed by atoms with Crippen LogP contribution in [0.15, 0.2) is 24.3 Å². The summed E-state index contributed by atoms with van der Waals surface area (Å²) in [5.41, 5.74) is -0.871. The normalized spacial score (nSPS) is 22.1. The molecule has 1 aliphatic heterocycles. The highest BCUT2D eigenvalue weighted by Gasteiger charge is 2.45. The van der Waals surface area contributed by atoms with Crippen LogP contribution in [-0.4, -0.2) is 33.3 Å². The van der Waals surface area contributed by atoms with Gasteiger partial charge in [-0.15, -0.1) is 0 Å². The Balaban J connectivity index is 2.35. The molecular weight excluding hydrogens is 309 g/mol. The van der Waals surface area contributed by atoms with Gasteiger partial charge < -0.3 is 9.84 Å². The lowest BCUT2D eigenvalue weighted by Crippen LogP contribution is -2.58. The maximum absolute atomic E-state index is 14.1. The lowest BCUT2D eigenvalue weighted by molar-refractivity contribution is -0.0581. The number of carbonyl (C=O) groups is 1. The minimum Gasteiger partial charge on any atom is -0.444 e. The Kier molecular flexibility index (Phi) is 5.23. The van der Waals surface area contributed by atoms with E-state index in [0.717, 1.165) is 12.8 Å². The van der Waals surface area contributed by atoms with E-state index in [9.17, 15) is 14.3 Å². The molecule has 2 rings (SSSR count). The van der Waals surface area contributed by atoms with Gasteiger partial charge in [-0.25, -0.2) is 9.18 Å². The van der Waals surface area contributed by atoms with E-state index in [4.69, 9.17) is 4.74 Å². The first-order valence-electron chi connectivity index (χ1n) is 8.48. The summed E-state index contributed by atoms with van der Waals surface area (Å²) in [5, 5.41) is 10.8. The van der Waals surface area contributed by atoms with Crippen molar-refractivity contribution in [2.75, 3.05) is 0 Å². The molecule has 1 N–H and O–H groups in total. The first-order valence-corrected chi connectivity index (χ1v) is 8.48. The Bertz CT molecular complexity index is 595. The largest absolute Gasteiger partial charge is 0.444 e. The summed E-state index contributed by atoms with van der Waals surface area (Å²) in [5.74, 6) is -0.461. The number of hydrogen-bond acceptors (Lipinski definition) is 3. The van der Waals surface area contributed by atoms with Crippen LogP contribution in [0.5, 0.6) is 0 Å². The summed E-state index contributed by atoms with van der Waals surface area (Å²) in [4.78, 5) is 14.4. The number of aliphatic hydroxyl groups excluding tert-OH is 1. The predicted molar refractivity (Wildman–Crippen MR) is 91.2 cm³/mol. The fourth-order valence-electron chi connectivity index (χ4n) is 3.36.